The zero-order chi connectivity index (χ0) is 16.6. The minimum Gasteiger partial charge on any atom is -0.361 e. The number of rotatable bonds is 3. The van der Waals surface area contributed by atoms with Crippen molar-refractivity contribution in [1.82, 2.24) is 15.0 Å². The van der Waals surface area contributed by atoms with E-state index in [0.29, 0.717) is 0 Å². The SMILES string of the molecule is Cc1cc(C(=O)N2CCN(Cc3c(C)noc3C)CC2)c(C)s1. The molecule has 1 aliphatic rings. The van der Waals surface area contributed by atoms with Gasteiger partial charge < -0.3 is 9.42 Å². The quantitative estimate of drug-likeness (QED) is 0.866. The molecule has 1 aliphatic heterocycles. The van der Waals surface area contributed by atoms with E-state index in [4.69, 9.17) is 4.52 Å². The van der Waals surface area contributed by atoms with Crippen LogP contribution in [0.2, 0.25) is 0 Å². The largest absolute Gasteiger partial charge is 0.361 e. The molecule has 23 heavy (non-hydrogen) atoms. The molecule has 0 saturated carbocycles. The van der Waals surface area contributed by atoms with Crippen LogP contribution in [-0.2, 0) is 6.54 Å². The minimum atomic E-state index is 0.170. The number of piperazine rings is 1. The Morgan fingerprint density at radius 2 is 1.91 bits per heavy atom. The first-order valence-corrected chi connectivity index (χ1v) is 8.77. The van der Waals surface area contributed by atoms with Crippen LogP contribution >= 0.6 is 11.3 Å². The molecular weight excluding hydrogens is 310 g/mol. The van der Waals surface area contributed by atoms with Gasteiger partial charge in [0.05, 0.1) is 11.3 Å². The van der Waals surface area contributed by atoms with E-state index in [1.807, 2.05) is 31.7 Å². The fourth-order valence-corrected chi connectivity index (χ4v) is 3.99. The average molecular weight is 333 g/mol. The molecule has 0 atom stereocenters. The first-order valence-electron chi connectivity index (χ1n) is 7.96. The van der Waals surface area contributed by atoms with Gasteiger partial charge in [-0.25, -0.2) is 0 Å². The van der Waals surface area contributed by atoms with E-state index in [-0.39, 0.29) is 5.91 Å². The number of hydrogen-bond acceptors (Lipinski definition) is 5. The number of amides is 1. The molecule has 0 aromatic carbocycles. The van der Waals surface area contributed by atoms with Crippen molar-refractivity contribution in [2.75, 3.05) is 26.2 Å². The van der Waals surface area contributed by atoms with E-state index >= 15 is 0 Å². The lowest BCUT2D eigenvalue weighted by atomic mass is 10.1. The van der Waals surface area contributed by atoms with Gasteiger partial charge in [-0.3, -0.25) is 9.69 Å². The molecule has 0 spiro atoms. The van der Waals surface area contributed by atoms with Crippen molar-refractivity contribution in [3.05, 3.63) is 38.4 Å². The van der Waals surface area contributed by atoms with Gasteiger partial charge in [-0.15, -0.1) is 11.3 Å². The lowest BCUT2D eigenvalue weighted by molar-refractivity contribution is 0.0627. The van der Waals surface area contributed by atoms with E-state index in [1.54, 1.807) is 11.3 Å². The van der Waals surface area contributed by atoms with Crippen molar-refractivity contribution in [2.45, 2.75) is 34.2 Å². The molecule has 6 heteroatoms. The highest BCUT2D eigenvalue weighted by molar-refractivity contribution is 7.12. The maximum atomic E-state index is 12.7. The van der Waals surface area contributed by atoms with Crippen molar-refractivity contribution >= 4 is 17.2 Å². The number of aryl methyl sites for hydroxylation is 4. The summed E-state index contributed by atoms with van der Waals surface area (Å²) in [4.78, 5) is 19.3. The summed E-state index contributed by atoms with van der Waals surface area (Å²) in [6, 6.07) is 2.01. The summed E-state index contributed by atoms with van der Waals surface area (Å²) in [5.74, 6) is 1.06. The number of aromatic nitrogens is 1. The van der Waals surface area contributed by atoms with Gasteiger partial charge in [0.15, 0.2) is 0 Å². The summed E-state index contributed by atoms with van der Waals surface area (Å²) in [6.07, 6.45) is 0. The second-order valence-corrected chi connectivity index (χ2v) is 7.66. The molecule has 2 aromatic rings. The third kappa shape index (κ3) is 3.33. The van der Waals surface area contributed by atoms with Crippen molar-refractivity contribution in [3.63, 3.8) is 0 Å². The first kappa shape index (κ1) is 16.2. The van der Waals surface area contributed by atoms with Crippen LogP contribution in [0.5, 0.6) is 0 Å². The second-order valence-electron chi connectivity index (χ2n) is 6.20. The van der Waals surface area contributed by atoms with Crippen molar-refractivity contribution in [1.29, 1.82) is 0 Å². The van der Waals surface area contributed by atoms with Gasteiger partial charge in [0, 0.05) is 48.0 Å². The smallest absolute Gasteiger partial charge is 0.255 e. The van der Waals surface area contributed by atoms with E-state index in [0.717, 1.165) is 54.6 Å². The number of hydrogen-bond donors (Lipinski definition) is 0. The monoisotopic (exact) mass is 333 g/mol. The van der Waals surface area contributed by atoms with Crippen molar-refractivity contribution < 1.29 is 9.32 Å². The van der Waals surface area contributed by atoms with Crippen LogP contribution in [0.4, 0.5) is 0 Å². The molecule has 124 valence electrons. The normalized spacial score (nSPS) is 16.1. The maximum absolute atomic E-state index is 12.7. The third-order valence-corrected chi connectivity index (χ3v) is 5.46. The molecule has 0 unspecified atom stereocenters. The summed E-state index contributed by atoms with van der Waals surface area (Å²) >= 11 is 1.69. The molecule has 5 nitrogen and oxygen atoms in total. The zero-order valence-corrected chi connectivity index (χ0v) is 15.0. The van der Waals surface area contributed by atoms with Gasteiger partial charge in [0.1, 0.15) is 5.76 Å². The molecule has 0 aliphatic carbocycles. The van der Waals surface area contributed by atoms with Gasteiger partial charge in [-0.2, -0.15) is 0 Å². The summed E-state index contributed by atoms with van der Waals surface area (Å²) < 4.78 is 5.23. The van der Waals surface area contributed by atoms with Gasteiger partial charge in [0.2, 0.25) is 0 Å². The molecule has 3 heterocycles. The second kappa shape index (κ2) is 6.45. The van der Waals surface area contributed by atoms with Gasteiger partial charge in [-0.1, -0.05) is 5.16 Å². The fraction of sp³-hybridized carbons (Fsp3) is 0.529. The molecule has 3 rings (SSSR count). The van der Waals surface area contributed by atoms with Crippen LogP contribution in [0.1, 0.15) is 37.1 Å². The maximum Gasteiger partial charge on any atom is 0.255 e. The van der Waals surface area contributed by atoms with Crippen molar-refractivity contribution in [3.8, 4) is 0 Å². The third-order valence-electron chi connectivity index (χ3n) is 4.49. The fourth-order valence-electron chi connectivity index (χ4n) is 3.07. The van der Waals surface area contributed by atoms with Gasteiger partial charge in [-0.05, 0) is 33.8 Å². The number of carbonyl (C=O) groups excluding carboxylic acids is 1. The molecule has 1 fully saturated rings. The van der Waals surface area contributed by atoms with Crippen LogP contribution in [0.15, 0.2) is 10.6 Å². The average Bonchev–Trinajstić information content (AvgIpc) is 3.03. The number of thiophene rings is 1. The van der Waals surface area contributed by atoms with E-state index in [2.05, 4.69) is 17.0 Å². The molecule has 0 N–H and O–H groups in total. The molecule has 1 amide bonds. The summed E-state index contributed by atoms with van der Waals surface area (Å²) in [7, 11) is 0. The molecule has 2 aromatic heterocycles. The number of carbonyl (C=O) groups is 1. The predicted octanol–water partition coefficient (Wildman–Crippen LogP) is 2.93. The topological polar surface area (TPSA) is 49.6 Å². The predicted molar refractivity (Wildman–Crippen MR) is 91.0 cm³/mol. The Hall–Kier alpha value is -1.66. The van der Waals surface area contributed by atoms with E-state index in [9.17, 15) is 4.79 Å². The Balaban J connectivity index is 1.60. The standard InChI is InChI=1S/C17H23N3O2S/c1-11-9-15(14(4)23-11)17(21)20-7-5-19(6-8-20)10-16-12(2)18-22-13(16)3/h9H,5-8,10H2,1-4H3. The highest BCUT2D eigenvalue weighted by Crippen LogP contribution is 2.23. The Bertz CT molecular complexity index is 692. The molecule has 0 bridgehead atoms. The van der Waals surface area contributed by atoms with Gasteiger partial charge >= 0.3 is 0 Å². The lowest BCUT2D eigenvalue weighted by Gasteiger charge is -2.34. The first-order chi connectivity index (χ1) is 11.0. The Labute approximate surface area is 140 Å². The van der Waals surface area contributed by atoms with E-state index < -0.39 is 0 Å². The molecular formula is C17H23N3O2S. The Morgan fingerprint density at radius 1 is 1.22 bits per heavy atom. The molecule has 1 saturated heterocycles. The highest BCUT2D eigenvalue weighted by Gasteiger charge is 2.25. The minimum absolute atomic E-state index is 0.170. The highest BCUT2D eigenvalue weighted by atomic mass is 32.1. The van der Waals surface area contributed by atoms with Crippen molar-refractivity contribution in [2.24, 2.45) is 0 Å². The number of nitrogens with zero attached hydrogens (tertiary/aromatic N) is 3. The summed E-state index contributed by atoms with van der Waals surface area (Å²) in [6.45, 7) is 12.2. The van der Waals surface area contributed by atoms with E-state index in [1.165, 1.54) is 10.4 Å². The summed E-state index contributed by atoms with van der Waals surface area (Å²) in [5.41, 5.74) is 3.01. The van der Waals surface area contributed by atoms with Crippen LogP contribution in [0.25, 0.3) is 0 Å². The zero-order valence-electron chi connectivity index (χ0n) is 14.2. The van der Waals surface area contributed by atoms with Crippen LogP contribution < -0.4 is 0 Å². The Morgan fingerprint density at radius 3 is 2.43 bits per heavy atom. The Kier molecular flexibility index (Phi) is 4.55. The lowest BCUT2D eigenvalue weighted by Crippen LogP contribution is -2.48. The van der Waals surface area contributed by atoms with Crippen LogP contribution in [0, 0.1) is 27.7 Å². The molecule has 0 radical (unpaired) electrons. The summed E-state index contributed by atoms with van der Waals surface area (Å²) in [5, 5.41) is 4.01. The van der Waals surface area contributed by atoms with Gasteiger partial charge in [0.25, 0.3) is 5.91 Å². The van der Waals surface area contributed by atoms with Crippen LogP contribution in [-0.4, -0.2) is 47.0 Å². The van der Waals surface area contributed by atoms with Crippen LogP contribution in [0.3, 0.4) is 0 Å².